The van der Waals surface area contributed by atoms with Crippen LogP contribution >= 0.6 is 7.82 Å². The van der Waals surface area contributed by atoms with Gasteiger partial charge in [-0.25, -0.2) is 0 Å². The molecule has 0 aliphatic rings. The summed E-state index contributed by atoms with van der Waals surface area (Å²) in [4.78, 5) is 25.7. The molecule has 3 unspecified atom stereocenters. The van der Waals surface area contributed by atoms with Crippen molar-refractivity contribution in [3.05, 3.63) is 48.6 Å². The van der Waals surface area contributed by atoms with Crippen molar-refractivity contribution in [2.24, 2.45) is 0 Å². The molecule has 0 spiro atoms. The Labute approximate surface area is 530 Å². The summed E-state index contributed by atoms with van der Waals surface area (Å²) >= 11 is 0. The summed E-state index contributed by atoms with van der Waals surface area (Å²) < 4.78 is 23.5. The van der Waals surface area contributed by atoms with Crippen LogP contribution in [0.1, 0.15) is 380 Å². The summed E-state index contributed by atoms with van der Waals surface area (Å²) in [5.41, 5.74) is 0. The number of likely N-dealkylation sites (N-methyl/N-ethyl adjacent to an activating group) is 1. The highest BCUT2D eigenvalue weighted by atomic mass is 31.2. The number of amides is 1. The van der Waals surface area contributed by atoms with Crippen molar-refractivity contribution < 1.29 is 32.9 Å². The Kier molecular flexibility index (Phi) is 65.7. The summed E-state index contributed by atoms with van der Waals surface area (Å²) in [7, 11) is 1.28. The minimum atomic E-state index is -4.61. The van der Waals surface area contributed by atoms with Crippen molar-refractivity contribution in [2.75, 3.05) is 40.9 Å². The highest BCUT2D eigenvalue weighted by molar-refractivity contribution is 7.45. The molecule has 0 saturated heterocycles. The molecule has 1 amide bonds. The van der Waals surface area contributed by atoms with Crippen molar-refractivity contribution in [3.8, 4) is 0 Å². The fourth-order valence-electron chi connectivity index (χ4n) is 11.5. The largest absolute Gasteiger partial charge is 0.756 e. The number of allylic oxidation sites excluding steroid dienone is 7. The first-order valence-corrected chi connectivity index (χ1v) is 39.0. The van der Waals surface area contributed by atoms with E-state index < -0.39 is 20.0 Å². The molecule has 0 heterocycles. The molecule has 0 rings (SSSR count). The number of aliphatic hydroxyl groups excluding tert-OH is 1. The van der Waals surface area contributed by atoms with Crippen LogP contribution in [0.4, 0.5) is 0 Å². The van der Waals surface area contributed by atoms with E-state index in [-0.39, 0.29) is 19.1 Å². The molecule has 502 valence electrons. The number of nitrogens with zero attached hydrogens (tertiary/aromatic N) is 1. The van der Waals surface area contributed by atoms with Gasteiger partial charge >= 0.3 is 0 Å². The second kappa shape index (κ2) is 66.9. The van der Waals surface area contributed by atoms with Crippen LogP contribution in [-0.4, -0.2) is 68.5 Å². The van der Waals surface area contributed by atoms with Gasteiger partial charge in [0, 0.05) is 6.42 Å². The number of carbonyl (C=O) groups is 1. The van der Waals surface area contributed by atoms with Gasteiger partial charge in [-0.3, -0.25) is 9.36 Å². The van der Waals surface area contributed by atoms with E-state index in [2.05, 4.69) is 55.6 Å². The molecule has 0 bridgehead atoms. The molecule has 0 saturated carbocycles. The number of unbranched alkanes of at least 4 members (excludes halogenated alkanes) is 51. The third-order valence-corrected chi connectivity index (χ3v) is 18.2. The number of hydrogen-bond acceptors (Lipinski definition) is 6. The number of phosphoric acid groups is 1. The summed E-state index contributed by atoms with van der Waals surface area (Å²) in [6.07, 6.45) is 91.1. The van der Waals surface area contributed by atoms with Crippen LogP contribution in [0.3, 0.4) is 0 Å². The maximum Gasteiger partial charge on any atom is 0.268 e. The number of aliphatic hydroxyl groups is 1. The lowest BCUT2D eigenvalue weighted by Crippen LogP contribution is -2.45. The predicted octanol–water partition coefficient (Wildman–Crippen LogP) is 23.5. The molecule has 0 fully saturated rings. The van der Waals surface area contributed by atoms with E-state index in [1.54, 1.807) is 6.08 Å². The number of quaternary nitrogens is 1. The number of nitrogens with one attached hydrogen (secondary N) is 1. The molecule has 2 N–H and O–H groups in total. The average molecular weight is 1220 g/mol. The molecule has 0 aromatic rings. The zero-order chi connectivity index (χ0) is 61.9. The molecule has 8 nitrogen and oxygen atoms in total. The topological polar surface area (TPSA) is 108 Å². The minimum Gasteiger partial charge on any atom is -0.756 e. The van der Waals surface area contributed by atoms with Crippen LogP contribution in [0.2, 0.25) is 0 Å². The standard InChI is InChI=1S/C76H147N2O6P/c1-6-8-10-12-14-16-18-20-22-24-26-28-30-32-34-36-38-40-41-43-45-47-49-51-53-55-57-59-61-63-65-67-69-75(79)74(73-84-85(81,82)83-72-71-78(3,4)5)77-76(80)70-68-66-64-62-60-58-56-54-52-50-48-46-44-42-39-37-35-33-31-29-27-25-23-21-19-17-15-13-11-9-7-2/h19,21,25,27,31,33,67,69,74-75,79H,6-18,20,22-24,26,28-30,32,34-66,68,70-73H2,1-5H3,(H-,77,80,81,82)/b21-19-,27-25-,33-31-,69-67+. The average Bonchev–Trinajstić information content (AvgIpc) is 3.49. The van der Waals surface area contributed by atoms with Crippen LogP contribution in [0.5, 0.6) is 0 Å². The lowest BCUT2D eigenvalue weighted by molar-refractivity contribution is -0.870. The van der Waals surface area contributed by atoms with Crippen molar-refractivity contribution in [1.29, 1.82) is 0 Å². The Hall–Kier alpha value is -1.54. The van der Waals surface area contributed by atoms with E-state index in [9.17, 15) is 19.4 Å². The van der Waals surface area contributed by atoms with Crippen LogP contribution < -0.4 is 10.2 Å². The van der Waals surface area contributed by atoms with E-state index in [0.717, 1.165) is 51.4 Å². The summed E-state index contributed by atoms with van der Waals surface area (Å²) in [5.74, 6) is -0.192. The normalized spacial score (nSPS) is 13.8. The summed E-state index contributed by atoms with van der Waals surface area (Å²) in [6.45, 7) is 4.69. The van der Waals surface area contributed by atoms with E-state index in [1.165, 1.54) is 308 Å². The molecule has 0 radical (unpaired) electrons. The van der Waals surface area contributed by atoms with Gasteiger partial charge in [-0.2, -0.15) is 0 Å². The Bertz CT molecular complexity index is 1530. The molecular weight excluding hydrogens is 1070 g/mol. The van der Waals surface area contributed by atoms with Crippen molar-refractivity contribution in [1.82, 2.24) is 5.32 Å². The first-order chi connectivity index (χ1) is 41.5. The minimum absolute atomic E-state index is 0.000156. The highest BCUT2D eigenvalue weighted by Gasteiger charge is 2.23. The first kappa shape index (κ1) is 83.5. The predicted molar refractivity (Wildman–Crippen MR) is 371 cm³/mol. The van der Waals surface area contributed by atoms with Crippen LogP contribution in [0.25, 0.3) is 0 Å². The van der Waals surface area contributed by atoms with Gasteiger partial charge in [0.2, 0.25) is 5.91 Å². The van der Waals surface area contributed by atoms with Gasteiger partial charge in [0.1, 0.15) is 13.2 Å². The fourth-order valence-corrected chi connectivity index (χ4v) is 12.2. The number of carbonyl (C=O) groups excluding carboxylic acids is 1. The van der Waals surface area contributed by atoms with Crippen molar-refractivity contribution in [3.63, 3.8) is 0 Å². The van der Waals surface area contributed by atoms with Crippen molar-refractivity contribution in [2.45, 2.75) is 392 Å². The van der Waals surface area contributed by atoms with Gasteiger partial charge in [-0.05, 0) is 57.8 Å². The van der Waals surface area contributed by atoms with Gasteiger partial charge in [0.25, 0.3) is 7.82 Å². The van der Waals surface area contributed by atoms with Crippen molar-refractivity contribution >= 4 is 13.7 Å². The fraction of sp³-hybridized carbons (Fsp3) is 0.882. The van der Waals surface area contributed by atoms with Gasteiger partial charge in [-0.15, -0.1) is 0 Å². The van der Waals surface area contributed by atoms with Gasteiger partial charge in [0.15, 0.2) is 0 Å². The Balaban J connectivity index is 4.02. The highest BCUT2D eigenvalue weighted by Crippen LogP contribution is 2.38. The Morgan fingerprint density at radius 1 is 0.412 bits per heavy atom. The lowest BCUT2D eigenvalue weighted by atomic mass is 10.0. The molecule has 0 aliphatic heterocycles. The zero-order valence-electron chi connectivity index (χ0n) is 57.6. The van der Waals surface area contributed by atoms with Gasteiger partial charge in [-0.1, -0.05) is 364 Å². The quantitative estimate of drug-likeness (QED) is 0.0272. The smallest absolute Gasteiger partial charge is 0.268 e. The van der Waals surface area contributed by atoms with Gasteiger partial charge in [0.05, 0.1) is 39.9 Å². The zero-order valence-corrected chi connectivity index (χ0v) is 58.5. The van der Waals surface area contributed by atoms with Gasteiger partial charge < -0.3 is 28.8 Å². The van der Waals surface area contributed by atoms with E-state index in [4.69, 9.17) is 9.05 Å². The molecule has 85 heavy (non-hydrogen) atoms. The third-order valence-electron chi connectivity index (χ3n) is 17.3. The molecule has 0 aliphatic carbocycles. The lowest BCUT2D eigenvalue weighted by Gasteiger charge is -2.29. The maximum absolute atomic E-state index is 13.1. The summed E-state index contributed by atoms with van der Waals surface area (Å²) in [5, 5.41) is 14.0. The molecule has 3 atom stereocenters. The maximum atomic E-state index is 13.1. The van der Waals surface area contributed by atoms with Crippen LogP contribution in [-0.2, 0) is 18.4 Å². The number of rotatable bonds is 70. The SMILES string of the molecule is CCCCCCC/C=C\C/C=C\C/C=C\CCCCCCCCCCCCCCCCCCC(=O)NC(COP(=O)([O-])OCC[N+](C)(C)C)C(O)/C=C/CCCCCCCCCCCCCCCCCCCCCCCCCCCCCCCC. The second-order valence-electron chi connectivity index (χ2n) is 27.0. The van der Waals surface area contributed by atoms with E-state index in [0.29, 0.717) is 17.4 Å². The van der Waals surface area contributed by atoms with Crippen LogP contribution in [0, 0.1) is 0 Å². The van der Waals surface area contributed by atoms with E-state index >= 15 is 0 Å². The molecule has 9 heteroatoms. The molecular formula is C76H147N2O6P. The number of phosphoric ester groups is 1. The molecule has 0 aromatic carbocycles. The number of hydrogen-bond donors (Lipinski definition) is 2. The Morgan fingerprint density at radius 3 is 0.988 bits per heavy atom. The third kappa shape index (κ3) is 69.8. The molecule has 0 aromatic heterocycles. The van der Waals surface area contributed by atoms with Crippen LogP contribution in [0.15, 0.2) is 48.6 Å². The Morgan fingerprint density at radius 2 is 0.682 bits per heavy atom. The van der Waals surface area contributed by atoms with E-state index in [1.807, 2.05) is 27.2 Å². The summed E-state index contributed by atoms with van der Waals surface area (Å²) in [6, 6.07) is -0.889. The second-order valence-corrected chi connectivity index (χ2v) is 28.4. The first-order valence-electron chi connectivity index (χ1n) is 37.5. The monoisotopic (exact) mass is 1220 g/mol.